The van der Waals surface area contributed by atoms with Gasteiger partial charge >= 0.3 is 0 Å². The molecule has 1 aromatic rings. The number of nitrogens with zero attached hydrogens (tertiary/aromatic N) is 1. The lowest BCUT2D eigenvalue weighted by Gasteiger charge is -2.14. The predicted molar refractivity (Wildman–Crippen MR) is 84.6 cm³/mol. The van der Waals surface area contributed by atoms with Crippen molar-refractivity contribution < 1.29 is 4.92 Å². The molecule has 0 N–H and O–H groups in total. The number of non-ortho nitro benzene ring substituents is 1. The lowest BCUT2D eigenvalue weighted by molar-refractivity contribution is -0.384. The Hall–Kier alpha value is -1.90. The topological polar surface area (TPSA) is 43.1 Å². The molecule has 0 saturated carbocycles. The SMILES string of the molecule is C=CC/C(CCC)=C(/CCC)c1ccc([N+](=O)[O-])cc1. The van der Waals surface area contributed by atoms with Crippen molar-refractivity contribution >= 4 is 11.3 Å². The second-order valence-electron chi connectivity index (χ2n) is 4.88. The van der Waals surface area contributed by atoms with Crippen LogP contribution in [-0.4, -0.2) is 4.92 Å². The Kier molecular flexibility index (Phi) is 6.71. The Labute approximate surface area is 121 Å². The fraction of sp³-hybridized carbons (Fsp3) is 0.412. The molecule has 0 heterocycles. The predicted octanol–water partition coefficient (Wildman–Crippen LogP) is 5.52. The summed E-state index contributed by atoms with van der Waals surface area (Å²) < 4.78 is 0. The van der Waals surface area contributed by atoms with Crippen LogP contribution in [0.15, 0.2) is 42.5 Å². The summed E-state index contributed by atoms with van der Waals surface area (Å²) in [7, 11) is 0. The molecule has 0 saturated heterocycles. The van der Waals surface area contributed by atoms with Crippen molar-refractivity contribution in [1.82, 2.24) is 0 Å². The van der Waals surface area contributed by atoms with E-state index in [2.05, 4.69) is 20.4 Å². The van der Waals surface area contributed by atoms with Gasteiger partial charge in [-0.3, -0.25) is 10.1 Å². The van der Waals surface area contributed by atoms with E-state index in [1.807, 2.05) is 18.2 Å². The van der Waals surface area contributed by atoms with Crippen LogP contribution in [0.5, 0.6) is 0 Å². The molecule has 0 spiro atoms. The maximum Gasteiger partial charge on any atom is 0.269 e. The first-order chi connectivity index (χ1) is 9.63. The van der Waals surface area contributed by atoms with Gasteiger partial charge in [0, 0.05) is 12.1 Å². The van der Waals surface area contributed by atoms with Crippen LogP contribution < -0.4 is 0 Å². The first-order valence-electron chi connectivity index (χ1n) is 7.20. The quantitative estimate of drug-likeness (QED) is 0.355. The third kappa shape index (κ3) is 4.34. The van der Waals surface area contributed by atoms with Crippen LogP contribution in [-0.2, 0) is 0 Å². The standard InChI is InChI=1S/C17H23NO2/c1-4-7-14(8-5-2)17(9-6-3)15-10-12-16(13-11-15)18(19)20/h4,10-13H,1,5-9H2,2-3H3/b17-14+. The highest BCUT2D eigenvalue weighted by Crippen LogP contribution is 2.29. The Morgan fingerprint density at radius 3 is 2.25 bits per heavy atom. The second kappa shape index (κ2) is 8.31. The third-order valence-electron chi connectivity index (χ3n) is 3.30. The minimum atomic E-state index is -0.357. The van der Waals surface area contributed by atoms with Crippen molar-refractivity contribution in [2.24, 2.45) is 0 Å². The Morgan fingerprint density at radius 1 is 1.20 bits per heavy atom. The molecular weight excluding hydrogens is 250 g/mol. The molecule has 20 heavy (non-hydrogen) atoms. The van der Waals surface area contributed by atoms with Gasteiger partial charge in [-0.25, -0.2) is 0 Å². The largest absolute Gasteiger partial charge is 0.269 e. The molecule has 0 aromatic heterocycles. The molecule has 0 atom stereocenters. The Balaban J connectivity index is 3.19. The van der Waals surface area contributed by atoms with Crippen molar-refractivity contribution in [3.05, 3.63) is 58.2 Å². The van der Waals surface area contributed by atoms with Crippen molar-refractivity contribution in [2.45, 2.75) is 46.0 Å². The van der Waals surface area contributed by atoms with E-state index < -0.39 is 0 Å². The fourth-order valence-electron chi connectivity index (χ4n) is 2.41. The number of nitro groups is 1. The molecule has 3 heteroatoms. The van der Waals surface area contributed by atoms with Crippen molar-refractivity contribution in [3.63, 3.8) is 0 Å². The molecule has 0 amide bonds. The Morgan fingerprint density at radius 2 is 1.80 bits per heavy atom. The number of hydrogen-bond donors (Lipinski definition) is 0. The summed E-state index contributed by atoms with van der Waals surface area (Å²) in [6.45, 7) is 8.16. The molecule has 3 nitrogen and oxygen atoms in total. The molecule has 108 valence electrons. The number of benzene rings is 1. The van der Waals surface area contributed by atoms with Gasteiger partial charge in [-0.2, -0.15) is 0 Å². The zero-order chi connectivity index (χ0) is 15.0. The van der Waals surface area contributed by atoms with E-state index in [0.717, 1.165) is 37.7 Å². The average Bonchev–Trinajstić information content (AvgIpc) is 2.45. The zero-order valence-corrected chi connectivity index (χ0v) is 12.4. The van der Waals surface area contributed by atoms with Gasteiger partial charge in [-0.05, 0) is 42.5 Å². The van der Waals surface area contributed by atoms with Gasteiger partial charge < -0.3 is 0 Å². The molecular formula is C17H23NO2. The van der Waals surface area contributed by atoms with Crippen LogP contribution in [0.4, 0.5) is 5.69 Å². The number of allylic oxidation sites excluding steroid dienone is 3. The Bertz CT molecular complexity index is 486. The van der Waals surface area contributed by atoms with E-state index in [-0.39, 0.29) is 10.6 Å². The molecule has 1 rings (SSSR count). The van der Waals surface area contributed by atoms with Crippen molar-refractivity contribution in [1.29, 1.82) is 0 Å². The normalized spacial score (nSPS) is 11.9. The number of hydrogen-bond acceptors (Lipinski definition) is 2. The van der Waals surface area contributed by atoms with Crippen LogP contribution in [0.1, 0.15) is 51.5 Å². The van der Waals surface area contributed by atoms with Crippen LogP contribution in [0, 0.1) is 10.1 Å². The molecule has 0 fully saturated rings. The van der Waals surface area contributed by atoms with Gasteiger partial charge in [-0.15, -0.1) is 6.58 Å². The van der Waals surface area contributed by atoms with E-state index in [4.69, 9.17) is 0 Å². The molecule has 0 aliphatic rings. The third-order valence-corrected chi connectivity index (χ3v) is 3.30. The lowest BCUT2D eigenvalue weighted by Crippen LogP contribution is -1.94. The molecule has 0 radical (unpaired) electrons. The molecule has 1 aromatic carbocycles. The summed E-state index contributed by atoms with van der Waals surface area (Å²) in [6, 6.07) is 6.90. The zero-order valence-electron chi connectivity index (χ0n) is 12.4. The summed E-state index contributed by atoms with van der Waals surface area (Å²) in [4.78, 5) is 10.4. The van der Waals surface area contributed by atoms with Gasteiger partial charge in [-0.1, -0.05) is 38.3 Å². The fourth-order valence-corrected chi connectivity index (χ4v) is 2.41. The van der Waals surface area contributed by atoms with E-state index in [9.17, 15) is 10.1 Å². The number of nitro benzene ring substituents is 1. The highest BCUT2D eigenvalue weighted by atomic mass is 16.6. The molecule has 0 bridgehead atoms. The summed E-state index contributed by atoms with van der Waals surface area (Å²) in [5.41, 5.74) is 3.97. The van der Waals surface area contributed by atoms with Gasteiger partial charge in [0.15, 0.2) is 0 Å². The monoisotopic (exact) mass is 273 g/mol. The summed E-state index contributed by atoms with van der Waals surface area (Å²) in [6.07, 6.45) is 7.05. The first-order valence-corrected chi connectivity index (χ1v) is 7.20. The van der Waals surface area contributed by atoms with E-state index in [1.54, 1.807) is 12.1 Å². The van der Waals surface area contributed by atoms with E-state index in [1.165, 1.54) is 11.1 Å². The second-order valence-corrected chi connectivity index (χ2v) is 4.88. The highest BCUT2D eigenvalue weighted by Gasteiger charge is 2.10. The summed E-state index contributed by atoms with van der Waals surface area (Å²) in [5.74, 6) is 0. The lowest BCUT2D eigenvalue weighted by atomic mass is 9.91. The van der Waals surface area contributed by atoms with Crippen LogP contribution in [0.2, 0.25) is 0 Å². The van der Waals surface area contributed by atoms with E-state index >= 15 is 0 Å². The summed E-state index contributed by atoms with van der Waals surface area (Å²) >= 11 is 0. The van der Waals surface area contributed by atoms with Gasteiger partial charge in [0.05, 0.1) is 4.92 Å². The van der Waals surface area contributed by atoms with E-state index in [0.29, 0.717) is 0 Å². The van der Waals surface area contributed by atoms with Crippen LogP contribution >= 0.6 is 0 Å². The maximum atomic E-state index is 10.7. The van der Waals surface area contributed by atoms with Gasteiger partial charge in [0.2, 0.25) is 0 Å². The molecule has 0 unspecified atom stereocenters. The number of rotatable bonds is 8. The minimum Gasteiger partial charge on any atom is -0.258 e. The maximum absolute atomic E-state index is 10.7. The average molecular weight is 273 g/mol. The van der Waals surface area contributed by atoms with Crippen molar-refractivity contribution in [2.75, 3.05) is 0 Å². The van der Waals surface area contributed by atoms with Crippen LogP contribution in [0.3, 0.4) is 0 Å². The molecule has 0 aliphatic heterocycles. The van der Waals surface area contributed by atoms with Crippen LogP contribution in [0.25, 0.3) is 5.57 Å². The minimum absolute atomic E-state index is 0.144. The summed E-state index contributed by atoms with van der Waals surface area (Å²) in [5, 5.41) is 10.7. The van der Waals surface area contributed by atoms with Gasteiger partial charge in [0.1, 0.15) is 0 Å². The smallest absolute Gasteiger partial charge is 0.258 e. The van der Waals surface area contributed by atoms with Crippen molar-refractivity contribution in [3.8, 4) is 0 Å². The molecule has 0 aliphatic carbocycles. The highest BCUT2D eigenvalue weighted by molar-refractivity contribution is 5.69. The van der Waals surface area contributed by atoms with Gasteiger partial charge in [0.25, 0.3) is 5.69 Å². The first kappa shape index (κ1) is 16.2.